The van der Waals surface area contributed by atoms with Crippen LogP contribution in [0.4, 0.5) is 0 Å². The maximum absolute atomic E-state index is 11.9. The molecule has 1 rings (SSSR count). The first kappa shape index (κ1) is 15.7. The minimum atomic E-state index is -0.833. The second-order valence-electron chi connectivity index (χ2n) is 4.43. The van der Waals surface area contributed by atoms with Crippen LogP contribution in [-0.2, 0) is 16.1 Å². The van der Waals surface area contributed by atoms with Gasteiger partial charge in [-0.2, -0.15) is 0 Å². The van der Waals surface area contributed by atoms with E-state index in [-0.39, 0.29) is 12.5 Å². The van der Waals surface area contributed by atoms with E-state index in [1.165, 1.54) is 7.11 Å². The smallest absolute Gasteiger partial charge is 0.251 e. The summed E-state index contributed by atoms with van der Waals surface area (Å²) < 4.78 is 5.11. The van der Waals surface area contributed by atoms with Crippen molar-refractivity contribution in [2.75, 3.05) is 13.7 Å². The molecule has 0 aliphatic heterocycles. The molecule has 0 aromatic carbocycles. The molecule has 4 nitrogen and oxygen atoms in total. The lowest BCUT2D eigenvalue weighted by Crippen LogP contribution is -2.43. The highest BCUT2D eigenvalue weighted by Gasteiger charge is 2.26. The van der Waals surface area contributed by atoms with Crippen LogP contribution in [-0.4, -0.2) is 30.3 Å². The SMILES string of the molecule is COC(C)(C)C(=O)NCc1sccc1C#CCCO. The fourth-order valence-corrected chi connectivity index (χ4v) is 2.04. The van der Waals surface area contributed by atoms with E-state index < -0.39 is 5.60 Å². The molecule has 0 aliphatic carbocycles. The zero-order valence-corrected chi connectivity index (χ0v) is 12.3. The fraction of sp³-hybridized carbons (Fsp3) is 0.500. The Balaban J connectivity index is 2.62. The van der Waals surface area contributed by atoms with E-state index in [2.05, 4.69) is 17.2 Å². The highest BCUT2D eigenvalue weighted by atomic mass is 32.1. The van der Waals surface area contributed by atoms with Crippen molar-refractivity contribution in [3.8, 4) is 11.8 Å². The van der Waals surface area contributed by atoms with Crippen molar-refractivity contribution in [3.05, 3.63) is 21.9 Å². The van der Waals surface area contributed by atoms with E-state index in [1.54, 1.807) is 25.2 Å². The molecule has 19 heavy (non-hydrogen) atoms. The van der Waals surface area contributed by atoms with Crippen LogP contribution in [0.15, 0.2) is 11.4 Å². The molecule has 5 heteroatoms. The summed E-state index contributed by atoms with van der Waals surface area (Å²) in [5.41, 5.74) is 0.0639. The van der Waals surface area contributed by atoms with Crippen LogP contribution in [0.5, 0.6) is 0 Å². The summed E-state index contributed by atoms with van der Waals surface area (Å²) in [6.07, 6.45) is 0.457. The summed E-state index contributed by atoms with van der Waals surface area (Å²) in [6, 6.07) is 1.91. The summed E-state index contributed by atoms with van der Waals surface area (Å²) in [5.74, 6) is 5.71. The van der Waals surface area contributed by atoms with Gasteiger partial charge in [-0.25, -0.2) is 0 Å². The monoisotopic (exact) mass is 281 g/mol. The number of thiophene rings is 1. The number of aliphatic hydroxyl groups excluding tert-OH is 1. The van der Waals surface area contributed by atoms with E-state index in [4.69, 9.17) is 9.84 Å². The van der Waals surface area contributed by atoms with Crippen molar-refractivity contribution in [1.82, 2.24) is 5.32 Å². The molecule has 0 fully saturated rings. The first-order chi connectivity index (χ1) is 9.01. The molecule has 0 bridgehead atoms. The molecule has 0 atom stereocenters. The Hall–Kier alpha value is -1.35. The van der Waals surface area contributed by atoms with Gasteiger partial charge in [0.1, 0.15) is 5.60 Å². The van der Waals surface area contributed by atoms with Crippen LogP contribution in [0, 0.1) is 11.8 Å². The number of carbonyl (C=O) groups excluding carboxylic acids is 1. The molecule has 2 N–H and O–H groups in total. The van der Waals surface area contributed by atoms with Gasteiger partial charge in [-0.05, 0) is 25.3 Å². The molecule has 0 aliphatic rings. The third-order valence-corrected chi connectivity index (χ3v) is 3.59. The predicted molar refractivity (Wildman–Crippen MR) is 75.8 cm³/mol. The average Bonchev–Trinajstić information content (AvgIpc) is 2.83. The fourth-order valence-electron chi connectivity index (χ4n) is 1.27. The highest BCUT2D eigenvalue weighted by molar-refractivity contribution is 7.10. The minimum absolute atomic E-state index is 0.0607. The van der Waals surface area contributed by atoms with E-state index in [9.17, 15) is 4.79 Å². The average molecular weight is 281 g/mol. The molecule has 0 radical (unpaired) electrons. The first-order valence-corrected chi connectivity index (χ1v) is 6.88. The van der Waals surface area contributed by atoms with Gasteiger partial charge in [-0.3, -0.25) is 4.79 Å². The highest BCUT2D eigenvalue weighted by Crippen LogP contribution is 2.16. The van der Waals surface area contributed by atoms with Gasteiger partial charge in [0.25, 0.3) is 5.91 Å². The number of amides is 1. The van der Waals surface area contributed by atoms with Gasteiger partial charge in [-0.15, -0.1) is 11.3 Å². The van der Waals surface area contributed by atoms with Crippen molar-refractivity contribution in [3.63, 3.8) is 0 Å². The Morgan fingerprint density at radius 1 is 1.58 bits per heavy atom. The molecule has 104 valence electrons. The van der Waals surface area contributed by atoms with Crippen LogP contribution in [0.1, 0.15) is 30.7 Å². The summed E-state index contributed by atoms with van der Waals surface area (Å²) in [7, 11) is 1.51. The van der Waals surface area contributed by atoms with Gasteiger partial charge >= 0.3 is 0 Å². The lowest BCUT2D eigenvalue weighted by molar-refractivity contribution is -0.139. The molecular formula is C14H19NO3S. The van der Waals surface area contributed by atoms with Gasteiger partial charge in [0.15, 0.2) is 0 Å². The van der Waals surface area contributed by atoms with Crippen LogP contribution >= 0.6 is 11.3 Å². The molecule has 1 amide bonds. The second kappa shape index (κ2) is 7.29. The largest absolute Gasteiger partial charge is 0.395 e. The quantitative estimate of drug-likeness (QED) is 0.805. The van der Waals surface area contributed by atoms with Crippen LogP contribution < -0.4 is 5.32 Å². The summed E-state index contributed by atoms with van der Waals surface area (Å²) in [4.78, 5) is 12.9. The molecule has 1 heterocycles. The minimum Gasteiger partial charge on any atom is -0.395 e. The third-order valence-electron chi connectivity index (χ3n) is 2.67. The second-order valence-corrected chi connectivity index (χ2v) is 5.43. The molecule has 0 saturated heterocycles. The maximum Gasteiger partial charge on any atom is 0.251 e. The van der Waals surface area contributed by atoms with Gasteiger partial charge < -0.3 is 15.2 Å². The lowest BCUT2D eigenvalue weighted by Gasteiger charge is -2.21. The van der Waals surface area contributed by atoms with Gasteiger partial charge in [0, 0.05) is 24.0 Å². The summed E-state index contributed by atoms with van der Waals surface area (Å²) >= 11 is 1.55. The molecule has 0 unspecified atom stereocenters. The third kappa shape index (κ3) is 4.67. The predicted octanol–water partition coefficient (Wildman–Crippen LogP) is 1.52. The Bertz CT molecular complexity index is 482. The van der Waals surface area contributed by atoms with Crippen LogP contribution in [0.25, 0.3) is 0 Å². The molecule has 0 spiro atoms. The molecule has 1 aromatic heterocycles. The van der Waals surface area contributed by atoms with E-state index in [1.807, 2.05) is 11.4 Å². The molecular weight excluding hydrogens is 262 g/mol. The number of aliphatic hydroxyl groups is 1. The zero-order valence-electron chi connectivity index (χ0n) is 11.4. The van der Waals surface area contributed by atoms with Gasteiger partial charge in [0.05, 0.1) is 13.2 Å². The van der Waals surface area contributed by atoms with Crippen LogP contribution in [0.3, 0.4) is 0 Å². The Morgan fingerprint density at radius 2 is 2.32 bits per heavy atom. The maximum atomic E-state index is 11.9. The van der Waals surface area contributed by atoms with E-state index in [0.29, 0.717) is 13.0 Å². The topological polar surface area (TPSA) is 58.6 Å². The molecule has 1 aromatic rings. The van der Waals surface area contributed by atoms with Crippen LogP contribution in [0.2, 0.25) is 0 Å². The van der Waals surface area contributed by atoms with Crippen molar-refractivity contribution in [2.45, 2.75) is 32.4 Å². The Morgan fingerprint density at radius 3 is 2.95 bits per heavy atom. The van der Waals surface area contributed by atoms with Crippen molar-refractivity contribution >= 4 is 17.2 Å². The normalized spacial score (nSPS) is 10.7. The number of nitrogens with one attached hydrogen (secondary N) is 1. The van der Waals surface area contributed by atoms with Gasteiger partial charge in [-0.1, -0.05) is 11.8 Å². The Kier molecular flexibility index (Phi) is 6.03. The number of ether oxygens (including phenoxy) is 1. The number of hydrogen-bond acceptors (Lipinski definition) is 4. The lowest BCUT2D eigenvalue weighted by atomic mass is 10.1. The van der Waals surface area contributed by atoms with Crippen molar-refractivity contribution < 1.29 is 14.6 Å². The standard InChI is InChI=1S/C14H19NO3S/c1-14(2,18-3)13(17)15-10-12-11(7-9-19-12)6-4-5-8-16/h7,9,16H,5,8,10H2,1-3H3,(H,15,17). The van der Waals surface area contributed by atoms with Crippen molar-refractivity contribution in [2.24, 2.45) is 0 Å². The summed E-state index contributed by atoms with van der Waals surface area (Å²) in [6.45, 7) is 3.94. The molecule has 0 saturated carbocycles. The number of rotatable bonds is 5. The number of methoxy groups -OCH3 is 1. The first-order valence-electron chi connectivity index (χ1n) is 6.01. The zero-order chi connectivity index (χ0) is 14.3. The summed E-state index contributed by atoms with van der Waals surface area (Å²) in [5, 5.41) is 13.5. The van der Waals surface area contributed by atoms with Gasteiger partial charge in [0.2, 0.25) is 0 Å². The van der Waals surface area contributed by atoms with E-state index in [0.717, 1.165) is 10.4 Å². The Labute approximate surface area is 117 Å². The van der Waals surface area contributed by atoms with Crippen molar-refractivity contribution in [1.29, 1.82) is 0 Å². The number of carbonyl (C=O) groups is 1. The van der Waals surface area contributed by atoms with E-state index >= 15 is 0 Å². The number of hydrogen-bond donors (Lipinski definition) is 2.